The third kappa shape index (κ3) is 2.59. The van der Waals surface area contributed by atoms with E-state index in [1.165, 1.54) is 44.9 Å². The van der Waals surface area contributed by atoms with Crippen LogP contribution >= 0.6 is 0 Å². The van der Waals surface area contributed by atoms with Crippen molar-refractivity contribution >= 4 is 0 Å². The summed E-state index contributed by atoms with van der Waals surface area (Å²) in [6, 6.07) is 0. The summed E-state index contributed by atoms with van der Waals surface area (Å²) in [6.07, 6.45) is 9.81. The molecule has 2 nitrogen and oxygen atoms in total. The normalized spacial score (nSPS) is 54.5. The Labute approximate surface area is 142 Å². The summed E-state index contributed by atoms with van der Waals surface area (Å²) in [6.45, 7) is 8.64. The van der Waals surface area contributed by atoms with E-state index in [2.05, 4.69) is 13.8 Å². The Hall–Kier alpha value is -0.0800. The lowest BCUT2D eigenvalue weighted by molar-refractivity contribution is -0.183. The Morgan fingerprint density at radius 1 is 1.00 bits per heavy atom. The molecule has 4 fully saturated rings. The minimum atomic E-state index is -0.230. The Morgan fingerprint density at radius 2 is 1.78 bits per heavy atom. The molecule has 23 heavy (non-hydrogen) atoms. The van der Waals surface area contributed by atoms with Crippen LogP contribution in [0.5, 0.6) is 0 Å². The Balaban J connectivity index is 1.57. The first-order valence-electron chi connectivity index (χ1n) is 10.3. The average Bonchev–Trinajstić information content (AvgIpc) is 2.52. The number of hydrogen-bond donors (Lipinski definition) is 1. The molecular weight excluding hydrogens is 284 g/mol. The molecule has 1 saturated heterocycles. The first-order chi connectivity index (χ1) is 11.0. The molecule has 0 bridgehead atoms. The van der Waals surface area contributed by atoms with Crippen LogP contribution in [0.1, 0.15) is 65.7 Å². The highest BCUT2D eigenvalue weighted by molar-refractivity contribution is 5.04. The number of fused-ring (bicyclic) bond motifs is 5. The van der Waals surface area contributed by atoms with Crippen LogP contribution in [0.2, 0.25) is 0 Å². The Bertz CT molecular complexity index is 434. The van der Waals surface area contributed by atoms with Crippen LogP contribution < -0.4 is 0 Å². The van der Waals surface area contributed by atoms with Crippen LogP contribution in [-0.2, 0) is 4.74 Å². The van der Waals surface area contributed by atoms with E-state index < -0.39 is 0 Å². The van der Waals surface area contributed by atoms with Gasteiger partial charge in [0.05, 0.1) is 19.3 Å². The lowest BCUT2D eigenvalue weighted by atomic mass is 9.47. The Kier molecular flexibility index (Phi) is 4.29. The fourth-order valence-electron chi connectivity index (χ4n) is 7.41. The van der Waals surface area contributed by atoms with Crippen LogP contribution in [0.4, 0.5) is 0 Å². The summed E-state index contributed by atoms with van der Waals surface area (Å²) >= 11 is 0. The van der Waals surface area contributed by atoms with Crippen LogP contribution in [0, 0.1) is 46.8 Å². The average molecular weight is 321 g/mol. The molecule has 1 aliphatic heterocycles. The molecule has 0 aromatic rings. The fourth-order valence-corrected chi connectivity index (χ4v) is 7.41. The van der Waals surface area contributed by atoms with Crippen molar-refractivity contribution in [2.75, 3.05) is 13.2 Å². The molecule has 3 aliphatic carbocycles. The van der Waals surface area contributed by atoms with Gasteiger partial charge in [-0.05, 0) is 86.4 Å². The largest absolute Gasteiger partial charge is 0.393 e. The fraction of sp³-hybridized carbons (Fsp3) is 1.00. The van der Waals surface area contributed by atoms with E-state index in [4.69, 9.17) is 4.74 Å². The zero-order valence-corrected chi connectivity index (χ0v) is 15.3. The molecule has 1 N–H and O–H groups in total. The summed E-state index contributed by atoms with van der Waals surface area (Å²) in [5.41, 5.74) is 0.308. The maximum absolute atomic E-state index is 10.3. The molecule has 4 aliphatic rings. The van der Waals surface area contributed by atoms with Crippen molar-refractivity contribution in [3.8, 4) is 0 Å². The molecule has 132 valence electrons. The van der Waals surface area contributed by atoms with Crippen molar-refractivity contribution in [1.82, 2.24) is 0 Å². The quantitative estimate of drug-likeness (QED) is 0.770. The zero-order valence-electron chi connectivity index (χ0n) is 15.3. The SMILES string of the molecule is CC1CCC2C(CCC3C2CCC2(C)C(C(C)O)COCC32)C1. The van der Waals surface area contributed by atoms with Crippen molar-refractivity contribution in [1.29, 1.82) is 0 Å². The summed E-state index contributed by atoms with van der Waals surface area (Å²) < 4.78 is 6.02. The van der Waals surface area contributed by atoms with Gasteiger partial charge in [-0.25, -0.2) is 0 Å². The Morgan fingerprint density at radius 3 is 2.57 bits per heavy atom. The van der Waals surface area contributed by atoms with Gasteiger partial charge in [0, 0.05) is 5.92 Å². The van der Waals surface area contributed by atoms with Crippen molar-refractivity contribution in [2.24, 2.45) is 46.8 Å². The molecule has 0 radical (unpaired) electrons. The highest BCUT2D eigenvalue weighted by Gasteiger charge is 2.56. The summed E-state index contributed by atoms with van der Waals surface area (Å²) in [4.78, 5) is 0. The van der Waals surface area contributed by atoms with Crippen LogP contribution in [0.25, 0.3) is 0 Å². The first kappa shape index (κ1) is 16.4. The van der Waals surface area contributed by atoms with E-state index in [1.54, 1.807) is 0 Å². The van der Waals surface area contributed by atoms with Crippen molar-refractivity contribution in [3.63, 3.8) is 0 Å². The van der Waals surface area contributed by atoms with Gasteiger partial charge in [0.2, 0.25) is 0 Å². The number of rotatable bonds is 1. The zero-order chi connectivity index (χ0) is 16.2. The number of aliphatic hydroxyl groups is 1. The second-order valence-electron chi connectivity index (χ2n) is 9.78. The standard InChI is InChI=1S/C21H36O2/c1-13-4-6-16-15(10-13)5-7-18-17(16)8-9-21(3)19(14(2)22)11-23-12-20(18)21/h13-20,22H,4-12H2,1-3H3. The number of hydrogen-bond acceptors (Lipinski definition) is 2. The van der Waals surface area contributed by atoms with E-state index in [0.717, 1.165) is 42.8 Å². The molecule has 0 aromatic heterocycles. The molecule has 0 spiro atoms. The van der Waals surface area contributed by atoms with E-state index in [1.807, 2.05) is 6.92 Å². The molecule has 4 rings (SSSR count). The predicted octanol–water partition coefficient (Wildman–Crippen LogP) is 4.51. The van der Waals surface area contributed by atoms with E-state index in [0.29, 0.717) is 17.3 Å². The van der Waals surface area contributed by atoms with Gasteiger partial charge in [-0.1, -0.05) is 20.3 Å². The molecule has 3 saturated carbocycles. The van der Waals surface area contributed by atoms with Gasteiger partial charge in [0.25, 0.3) is 0 Å². The van der Waals surface area contributed by atoms with Crippen LogP contribution in [0.3, 0.4) is 0 Å². The monoisotopic (exact) mass is 320 g/mol. The van der Waals surface area contributed by atoms with Crippen molar-refractivity contribution in [3.05, 3.63) is 0 Å². The minimum absolute atomic E-state index is 0.230. The van der Waals surface area contributed by atoms with E-state index in [9.17, 15) is 5.11 Å². The van der Waals surface area contributed by atoms with Crippen LogP contribution in [0.15, 0.2) is 0 Å². The lowest BCUT2D eigenvalue weighted by Gasteiger charge is -2.60. The second-order valence-corrected chi connectivity index (χ2v) is 9.78. The smallest absolute Gasteiger partial charge is 0.0567 e. The summed E-state index contributed by atoms with van der Waals surface area (Å²) in [7, 11) is 0. The van der Waals surface area contributed by atoms with E-state index >= 15 is 0 Å². The minimum Gasteiger partial charge on any atom is -0.393 e. The molecule has 9 unspecified atom stereocenters. The number of ether oxygens (including phenoxy) is 1. The highest BCUT2D eigenvalue weighted by atomic mass is 16.5. The summed E-state index contributed by atoms with van der Waals surface area (Å²) in [5.74, 6) is 5.82. The summed E-state index contributed by atoms with van der Waals surface area (Å²) in [5, 5.41) is 10.3. The number of aliphatic hydroxyl groups excluding tert-OH is 1. The highest BCUT2D eigenvalue weighted by Crippen LogP contribution is 2.61. The van der Waals surface area contributed by atoms with Gasteiger partial charge in [0.1, 0.15) is 0 Å². The van der Waals surface area contributed by atoms with Crippen molar-refractivity contribution in [2.45, 2.75) is 71.8 Å². The molecule has 9 atom stereocenters. The van der Waals surface area contributed by atoms with Crippen LogP contribution in [-0.4, -0.2) is 24.4 Å². The lowest BCUT2D eigenvalue weighted by Crippen LogP contribution is -2.57. The maximum atomic E-state index is 10.3. The third-order valence-electron chi connectivity index (χ3n) is 8.68. The van der Waals surface area contributed by atoms with Gasteiger partial charge in [-0.3, -0.25) is 0 Å². The maximum Gasteiger partial charge on any atom is 0.0567 e. The topological polar surface area (TPSA) is 29.5 Å². The molecular formula is C21H36O2. The molecule has 0 amide bonds. The second kappa shape index (κ2) is 6.02. The third-order valence-corrected chi connectivity index (χ3v) is 8.68. The molecule has 0 aromatic carbocycles. The van der Waals surface area contributed by atoms with E-state index in [-0.39, 0.29) is 6.10 Å². The predicted molar refractivity (Wildman–Crippen MR) is 93.0 cm³/mol. The van der Waals surface area contributed by atoms with Crippen molar-refractivity contribution < 1.29 is 9.84 Å². The van der Waals surface area contributed by atoms with Gasteiger partial charge < -0.3 is 9.84 Å². The van der Waals surface area contributed by atoms with Gasteiger partial charge in [-0.15, -0.1) is 0 Å². The van der Waals surface area contributed by atoms with Gasteiger partial charge >= 0.3 is 0 Å². The molecule has 2 heteroatoms. The van der Waals surface area contributed by atoms with Gasteiger partial charge in [-0.2, -0.15) is 0 Å². The first-order valence-corrected chi connectivity index (χ1v) is 10.3. The van der Waals surface area contributed by atoms with Gasteiger partial charge in [0.15, 0.2) is 0 Å². The molecule has 1 heterocycles.